The Labute approximate surface area is 163 Å². The molecule has 2 heterocycles. The van der Waals surface area contributed by atoms with Gasteiger partial charge in [-0.05, 0) is 29.5 Å². The molecule has 0 aromatic heterocycles. The molecule has 0 spiro atoms. The Morgan fingerprint density at radius 3 is 2.33 bits per heavy atom. The standard InChI is InChI=1S/C21H21N3O2S/c1-23(17-10-6-3-7-11-17)21-22-20(25)19(27-21)18(16-8-4-2-5-9-16)24-12-14-26-15-13-24/h2-11H,12-15H2,1H3. The van der Waals surface area contributed by atoms with Crippen LogP contribution in [0.1, 0.15) is 5.56 Å². The molecule has 138 valence electrons. The molecule has 2 aliphatic heterocycles. The van der Waals surface area contributed by atoms with Gasteiger partial charge in [-0.15, -0.1) is 0 Å². The number of benzene rings is 2. The fraction of sp³-hybridized carbons (Fsp3) is 0.238. The Morgan fingerprint density at radius 1 is 1.04 bits per heavy atom. The largest absolute Gasteiger partial charge is 0.378 e. The smallest absolute Gasteiger partial charge is 0.288 e. The van der Waals surface area contributed by atoms with Gasteiger partial charge in [0.25, 0.3) is 5.91 Å². The van der Waals surface area contributed by atoms with Crippen LogP contribution < -0.4 is 4.90 Å². The van der Waals surface area contributed by atoms with Crippen LogP contribution in [-0.2, 0) is 9.53 Å². The number of amidine groups is 1. The van der Waals surface area contributed by atoms with Gasteiger partial charge >= 0.3 is 0 Å². The predicted octanol–water partition coefficient (Wildman–Crippen LogP) is 3.45. The number of amides is 1. The molecule has 0 N–H and O–H groups in total. The molecule has 0 saturated carbocycles. The molecule has 2 aromatic rings. The van der Waals surface area contributed by atoms with E-state index in [2.05, 4.69) is 9.89 Å². The van der Waals surface area contributed by atoms with Crippen LogP contribution in [0.3, 0.4) is 0 Å². The van der Waals surface area contributed by atoms with Crippen LogP contribution in [0, 0.1) is 0 Å². The Balaban J connectivity index is 1.69. The highest BCUT2D eigenvalue weighted by atomic mass is 32.2. The first-order valence-electron chi connectivity index (χ1n) is 8.96. The Morgan fingerprint density at radius 2 is 1.67 bits per heavy atom. The van der Waals surface area contributed by atoms with Crippen LogP contribution in [0.4, 0.5) is 5.69 Å². The van der Waals surface area contributed by atoms with Gasteiger partial charge in [-0.1, -0.05) is 48.5 Å². The van der Waals surface area contributed by atoms with Gasteiger partial charge in [0.15, 0.2) is 5.17 Å². The Bertz CT molecular complexity index is 875. The maximum atomic E-state index is 12.8. The first kappa shape index (κ1) is 17.8. The van der Waals surface area contributed by atoms with E-state index < -0.39 is 0 Å². The summed E-state index contributed by atoms with van der Waals surface area (Å²) in [5.41, 5.74) is 2.99. The van der Waals surface area contributed by atoms with E-state index in [0.717, 1.165) is 30.0 Å². The van der Waals surface area contributed by atoms with Gasteiger partial charge in [0.05, 0.1) is 18.9 Å². The second-order valence-electron chi connectivity index (χ2n) is 6.34. The highest BCUT2D eigenvalue weighted by Gasteiger charge is 2.31. The fourth-order valence-electron chi connectivity index (χ4n) is 3.19. The number of carbonyl (C=O) groups excluding carboxylic acids is 1. The molecule has 0 radical (unpaired) electrons. The van der Waals surface area contributed by atoms with Crippen LogP contribution in [0.15, 0.2) is 70.6 Å². The summed E-state index contributed by atoms with van der Waals surface area (Å²) in [6.45, 7) is 2.87. The lowest BCUT2D eigenvalue weighted by Gasteiger charge is -2.32. The number of hydrogen-bond donors (Lipinski definition) is 0. The molecule has 0 aliphatic carbocycles. The van der Waals surface area contributed by atoms with E-state index in [1.807, 2.05) is 72.6 Å². The van der Waals surface area contributed by atoms with E-state index >= 15 is 0 Å². The Kier molecular flexibility index (Phi) is 5.27. The van der Waals surface area contributed by atoms with Gasteiger partial charge in [-0.25, -0.2) is 0 Å². The molecule has 2 aliphatic rings. The second kappa shape index (κ2) is 7.98. The summed E-state index contributed by atoms with van der Waals surface area (Å²) in [5, 5.41) is 0.697. The van der Waals surface area contributed by atoms with Crippen LogP contribution in [0.25, 0.3) is 5.70 Å². The molecule has 1 fully saturated rings. The van der Waals surface area contributed by atoms with Crippen LogP contribution >= 0.6 is 11.8 Å². The summed E-state index contributed by atoms with van der Waals surface area (Å²) in [6, 6.07) is 20.0. The number of thioether (sulfide) groups is 1. The number of hydrogen-bond acceptors (Lipinski definition) is 5. The van der Waals surface area contributed by atoms with Crippen molar-refractivity contribution in [1.29, 1.82) is 0 Å². The quantitative estimate of drug-likeness (QED) is 0.765. The number of anilines is 1. The van der Waals surface area contributed by atoms with E-state index in [9.17, 15) is 4.79 Å². The van der Waals surface area contributed by atoms with Crippen molar-refractivity contribution >= 4 is 34.2 Å². The van der Waals surface area contributed by atoms with E-state index in [1.165, 1.54) is 11.8 Å². The number of carbonyl (C=O) groups is 1. The zero-order valence-corrected chi connectivity index (χ0v) is 16.0. The molecular formula is C21H21N3O2S. The molecule has 5 nitrogen and oxygen atoms in total. The van der Waals surface area contributed by atoms with E-state index in [-0.39, 0.29) is 5.91 Å². The number of rotatable bonds is 3. The molecule has 27 heavy (non-hydrogen) atoms. The molecule has 2 aromatic carbocycles. The van der Waals surface area contributed by atoms with E-state index in [4.69, 9.17) is 4.74 Å². The van der Waals surface area contributed by atoms with Crippen molar-refractivity contribution in [2.75, 3.05) is 38.3 Å². The maximum Gasteiger partial charge on any atom is 0.288 e. The molecule has 0 atom stereocenters. The number of ether oxygens (including phenoxy) is 1. The minimum absolute atomic E-state index is 0.178. The van der Waals surface area contributed by atoms with Gasteiger partial charge in [-0.2, -0.15) is 4.99 Å². The van der Waals surface area contributed by atoms with Crippen molar-refractivity contribution < 1.29 is 9.53 Å². The third kappa shape index (κ3) is 3.77. The van der Waals surface area contributed by atoms with Gasteiger partial charge < -0.3 is 14.5 Å². The molecule has 0 bridgehead atoms. The van der Waals surface area contributed by atoms with Crippen molar-refractivity contribution in [2.45, 2.75) is 0 Å². The molecule has 4 rings (SSSR count). The highest BCUT2D eigenvalue weighted by Crippen LogP contribution is 2.37. The topological polar surface area (TPSA) is 45.1 Å². The highest BCUT2D eigenvalue weighted by molar-refractivity contribution is 8.18. The average Bonchev–Trinajstić information content (AvgIpc) is 3.11. The van der Waals surface area contributed by atoms with Crippen LogP contribution in [-0.4, -0.2) is 49.3 Å². The summed E-state index contributed by atoms with van der Waals surface area (Å²) in [4.78, 5) is 22.0. The van der Waals surface area contributed by atoms with Crippen molar-refractivity contribution in [3.63, 3.8) is 0 Å². The summed E-state index contributed by atoms with van der Waals surface area (Å²) in [7, 11) is 1.94. The van der Waals surface area contributed by atoms with Gasteiger partial charge in [0.2, 0.25) is 0 Å². The number of nitrogens with zero attached hydrogens (tertiary/aromatic N) is 3. The number of para-hydroxylation sites is 1. The zero-order valence-electron chi connectivity index (χ0n) is 15.2. The van der Waals surface area contributed by atoms with Gasteiger partial charge in [0.1, 0.15) is 4.91 Å². The van der Waals surface area contributed by atoms with Crippen LogP contribution in [0.2, 0.25) is 0 Å². The van der Waals surface area contributed by atoms with Crippen molar-refractivity contribution in [3.05, 3.63) is 71.1 Å². The lowest BCUT2D eigenvalue weighted by Crippen LogP contribution is -2.35. The van der Waals surface area contributed by atoms with Gasteiger partial charge in [-0.3, -0.25) is 4.79 Å². The summed E-state index contributed by atoms with van der Waals surface area (Å²) in [6.07, 6.45) is 0. The summed E-state index contributed by atoms with van der Waals surface area (Å²) < 4.78 is 5.50. The third-order valence-corrected chi connectivity index (χ3v) is 5.72. The van der Waals surface area contributed by atoms with Gasteiger partial charge in [0, 0.05) is 25.8 Å². The average molecular weight is 379 g/mol. The fourth-order valence-corrected chi connectivity index (χ4v) is 4.22. The SMILES string of the molecule is CN(C1=NC(=O)C(=C(c2ccccc2)N2CCOCC2)S1)c1ccccc1. The van der Waals surface area contributed by atoms with Crippen molar-refractivity contribution in [1.82, 2.24) is 4.90 Å². The normalized spacial score (nSPS) is 19.1. The molecule has 0 unspecified atom stereocenters. The predicted molar refractivity (Wildman–Crippen MR) is 111 cm³/mol. The first-order chi connectivity index (χ1) is 13.2. The molecule has 1 saturated heterocycles. The zero-order chi connectivity index (χ0) is 18.6. The minimum Gasteiger partial charge on any atom is -0.378 e. The first-order valence-corrected chi connectivity index (χ1v) is 9.78. The van der Waals surface area contributed by atoms with Crippen LogP contribution in [0.5, 0.6) is 0 Å². The lowest BCUT2D eigenvalue weighted by molar-refractivity contribution is -0.113. The second-order valence-corrected chi connectivity index (χ2v) is 7.32. The number of aliphatic imine (C=N–C) groups is 1. The van der Waals surface area contributed by atoms with E-state index in [0.29, 0.717) is 23.3 Å². The monoisotopic (exact) mass is 379 g/mol. The Hall–Kier alpha value is -2.57. The molecule has 6 heteroatoms. The van der Waals surface area contributed by atoms with Crippen molar-refractivity contribution in [2.24, 2.45) is 4.99 Å². The summed E-state index contributed by atoms with van der Waals surface area (Å²) >= 11 is 1.44. The summed E-state index contributed by atoms with van der Waals surface area (Å²) in [5.74, 6) is -0.178. The molecular weight excluding hydrogens is 358 g/mol. The lowest BCUT2D eigenvalue weighted by atomic mass is 10.1. The third-order valence-electron chi connectivity index (χ3n) is 4.60. The number of morpholine rings is 1. The minimum atomic E-state index is -0.178. The maximum absolute atomic E-state index is 12.8. The molecule has 1 amide bonds. The van der Waals surface area contributed by atoms with E-state index in [1.54, 1.807) is 0 Å². The van der Waals surface area contributed by atoms with Crippen molar-refractivity contribution in [3.8, 4) is 0 Å².